The lowest BCUT2D eigenvalue weighted by Gasteiger charge is -2.15. The number of oxime groups is 1. The Hall–Kier alpha value is -3.52. The normalized spacial score (nSPS) is 12.8. The fraction of sp³-hybridized carbons (Fsp3) is 0.238. The van der Waals surface area contributed by atoms with Gasteiger partial charge in [-0.1, -0.05) is 55.4 Å². The molecule has 2 aromatic carbocycles. The maximum Gasteiger partial charge on any atom is 0.360 e. The van der Waals surface area contributed by atoms with Gasteiger partial charge in [-0.05, 0) is 17.7 Å². The number of ether oxygens (including phenoxy) is 1. The number of nitrogens with zero attached hydrogens (tertiary/aromatic N) is 2. The van der Waals surface area contributed by atoms with Gasteiger partial charge in [0.1, 0.15) is 13.7 Å². The van der Waals surface area contributed by atoms with Crippen molar-refractivity contribution in [2.24, 2.45) is 5.16 Å². The maximum absolute atomic E-state index is 12.4. The van der Waals surface area contributed by atoms with Crippen molar-refractivity contribution in [3.8, 4) is 0 Å². The predicted molar refractivity (Wildman–Crippen MR) is 105 cm³/mol. The van der Waals surface area contributed by atoms with Crippen LogP contribution in [0.4, 0.5) is 0 Å². The number of carbonyl (C=O) groups excluding carboxylic acids is 3. The molecule has 0 aliphatic carbocycles. The highest BCUT2D eigenvalue weighted by Crippen LogP contribution is 2.24. The van der Waals surface area contributed by atoms with Gasteiger partial charge in [0.25, 0.3) is 11.8 Å². The van der Waals surface area contributed by atoms with Crippen LogP contribution in [-0.2, 0) is 25.8 Å². The Balaban J connectivity index is 0.00000145. The average molecular weight is 398 g/mol. The molecule has 0 aromatic heterocycles. The molecule has 0 N–H and O–H groups in total. The Morgan fingerprint density at radius 2 is 1.48 bits per heavy atom. The van der Waals surface area contributed by atoms with Gasteiger partial charge in [-0.15, -0.1) is 5.06 Å². The standard InChI is InChI=1S/C19H16N2O6.C2H6/c1-25-19(24)16(20-26-2)13-8-4-3-7-12(13)11-27-21-17(22)14-9-5-6-10-15(14)18(21)23;1-2/h3-10H,11H2,1-2H3;1-2H3/b20-16-;. The van der Waals surface area contributed by atoms with E-state index in [9.17, 15) is 14.4 Å². The molecular formula is C21H22N2O6. The van der Waals surface area contributed by atoms with E-state index in [0.29, 0.717) is 16.2 Å². The predicted octanol–water partition coefficient (Wildman–Crippen LogP) is 2.96. The third-order valence-electron chi connectivity index (χ3n) is 3.94. The highest BCUT2D eigenvalue weighted by molar-refractivity contribution is 6.43. The van der Waals surface area contributed by atoms with E-state index in [1.165, 1.54) is 14.2 Å². The average Bonchev–Trinajstić information content (AvgIpc) is 3.02. The largest absolute Gasteiger partial charge is 0.464 e. The first kappa shape index (κ1) is 21.8. The van der Waals surface area contributed by atoms with E-state index in [-0.39, 0.29) is 23.4 Å². The summed E-state index contributed by atoms with van der Waals surface area (Å²) in [7, 11) is 2.53. The van der Waals surface area contributed by atoms with Crippen LogP contribution in [0.2, 0.25) is 0 Å². The molecule has 152 valence electrons. The summed E-state index contributed by atoms with van der Waals surface area (Å²) in [6.07, 6.45) is 0. The van der Waals surface area contributed by atoms with Crippen molar-refractivity contribution in [3.63, 3.8) is 0 Å². The first-order valence-corrected chi connectivity index (χ1v) is 8.97. The van der Waals surface area contributed by atoms with E-state index in [1.54, 1.807) is 48.5 Å². The second kappa shape index (κ2) is 10.1. The zero-order valence-electron chi connectivity index (χ0n) is 16.7. The van der Waals surface area contributed by atoms with Crippen molar-refractivity contribution in [3.05, 3.63) is 70.8 Å². The Morgan fingerprint density at radius 1 is 0.931 bits per heavy atom. The number of hydrogen-bond acceptors (Lipinski definition) is 7. The SMILES string of the molecule is CC.CO/N=C(\C(=O)OC)c1ccccc1CON1C(=O)c2ccccc2C1=O. The molecule has 2 aromatic rings. The van der Waals surface area contributed by atoms with Gasteiger partial charge < -0.3 is 9.57 Å². The van der Waals surface area contributed by atoms with Crippen molar-refractivity contribution in [1.82, 2.24) is 5.06 Å². The van der Waals surface area contributed by atoms with Crippen LogP contribution in [-0.4, -0.2) is 42.8 Å². The molecule has 0 spiro atoms. The molecule has 3 rings (SSSR count). The summed E-state index contributed by atoms with van der Waals surface area (Å²) in [6.45, 7) is 3.86. The molecule has 8 nitrogen and oxygen atoms in total. The van der Waals surface area contributed by atoms with Crippen LogP contribution in [0.1, 0.15) is 45.7 Å². The molecular weight excluding hydrogens is 376 g/mol. The summed E-state index contributed by atoms with van der Waals surface area (Å²) in [5.74, 6) is -1.76. The van der Waals surface area contributed by atoms with Gasteiger partial charge in [0.2, 0.25) is 0 Å². The van der Waals surface area contributed by atoms with Gasteiger partial charge in [0.15, 0.2) is 5.71 Å². The minimum atomic E-state index is -0.690. The number of fused-ring (bicyclic) bond motifs is 1. The first-order valence-electron chi connectivity index (χ1n) is 8.97. The lowest BCUT2D eigenvalue weighted by atomic mass is 10.0. The molecule has 0 unspecified atom stereocenters. The molecule has 0 saturated heterocycles. The van der Waals surface area contributed by atoms with E-state index in [0.717, 1.165) is 0 Å². The van der Waals surface area contributed by atoms with Crippen LogP contribution in [0, 0.1) is 0 Å². The zero-order chi connectivity index (χ0) is 21.4. The number of methoxy groups -OCH3 is 1. The number of hydroxylamine groups is 2. The topological polar surface area (TPSA) is 94.5 Å². The number of amides is 2. The van der Waals surface area contributed by atoms with E-state index < -0.39 is 17.8 Å². The number of hydrogen-bond donors (Lipinski definition) is 0. The summed E-state index contributed by atoms with van der Waals surface area (Å²) < 4.78 is 4.72. The quantitative estimate of drug-likeness (QED) is 0.321. The van der Waals surface area contributed by atoms with Gasteiger partial charge in [0, 0.05) is 5.56 Å². The van der Waals surface area contributed by atoms with E-state index in [2.05, 4.69) is 5.16 Å². The number of benzene rings is 2. The van der Waals surface area contributed by atoms with E-state index in [4.69, 9.17) is 14.4 Å². The van der Waals surface area contributed by atoms with Gasteiger partial charge in [-0.2, -0.15) is 0 Å². The number of imide groups is 1. The molecule has 0 bridgehead atoms. The number of rotatable bonds is 6. The Morgan fingerprint density at radius 3 is 2.03 bits per heavy atom. The molecule has 0 atom stereocenters. The Kier molecular flexibility index (Phi) is 7.62. The molecule has 0 saturated carbocycles. The smallest absolute Gasteiger partial charge is 0.360 e. The monoisotopic (exact) mass is 398 g/mol. The molecule has 0 radical (unpaired) electrons. The number of carbonyl (C=O) groups is 3. The third-order valence-corrected chi connectivity index (χ3v) is 3.94. The molecule has 29 heavy (non-hydrogen) atoms. The minimum absolute atomic E-state index is 0.0541. The second-order valence-corrected chi connectivity index (χ2v) is 5.49. The molecule has 2 amide bonds. The maximum atomic E-state index is 12.4. The first-order chi connectivity index (χ1) is 14.1. The van der Waals surface area contributed by atoms with Gasteiger partial charge >= 0.3 is 5.97 Å². The third kappa shape index (κ3) is 4.49. The molecule has 8 heteroatoms. The Labute approximate surface area is 168 Å². The zero-order valence-corrected chi connectivity index (χ0v) is 16.7. The summed E-state index contributed by atoms with van der Waals surface area (Å²) in [4.78, 5) is 46.9. The van der Waals surface area contributed by atoms with Crippen molar-refractivity contribution >= 4 is 23.5 Å². The van der Waals surface area contributed by atoms with E-state index in [1.807, 2.05) is 13.8 Å². The molecule has 0 fully saturated rings. The van der Waals surface area contributed by atoms with Crippen LogP contribution in [0.5, 0.6) is 0 Å². The highest BCUT2D eigenvalue weighted by Gasteiger charge is 2.36. The van der Waals surface area contributed by atoms with Crippen LogP contribution >= 0.6 is 0 Å². The van der Waals surface area contributed by atoms with E-state index >= 15 is 0 Å². The summed E-state index contributed by atoms with van der Waals surface area (Å²) in [5.41, 5.74) is 1.44. The highest BCUT2D eigenvalue weighted by atomic mass is 16.7. The summed E-state index contributed by atoms with van der Waals surface area (Å²) in [6, 6.07) is 13.2. The minimum Gasteiger partial charge on any atom is -0.464 e. The fourth-order valence-electron chi connectivity index (χ4n) is 2.68. The fourth-order valence-corrected chi connectivity index (χ4v) is 2.68. The van der Waals surface area contributed by atoms with Crippen molar-refractivity contribution in [2.75, 3.05) is 14.2 Å². The summed E-state index contributed by atoms with van der Waals surface area (Å²) in [5, 5.41) is 4.42. The van der Waals surface area contributed by atoms with Crippen molar-refractivity contribution in [2.45, 2.75) is 20.5 Å². The van der Waals surface area contributed by atoms with Gasteiger partial charge in [0.05, 0.1) is 18.2 Å². The van der Waals surface area contributed by atoms with Crippen LogP contribution in [0.25, 0.3) is 0 Å². The van der Waals surface area contributed by atoms with Crippen LogP contribution in [0.3, 0.4) is 0 Å². The van der Waals surface area contributed by atoms with Crippen molar-refractivity contribution < 1.29 is 28.8 Å². The second-order valence-electron chi connectivity index (χ2n) is 5.49. The summed E-state index contributed by atoms with van der Waals surface area (Å²) >= 11 is 0. The molecule has 1 aliphatic heterocycles. The number of esters is 1. The van der Waals surface area contributed by atoms with Gasteiger partial charge in [-0.25, -0.2) is 4.79 Å². The van der Waals surface area contributed by atoms with Crippen molar-refractivity contribution in [1.29, 1.82) is 0 Å². The Bertz CT molecular complexity index is 903. The lowest BCUT2D eigenvalue weighted by molar-refractivity contribution is -0.132. The molecule has 1 aliphatic rings. The van der Waals surface area contributed by atoms with Gasteiger partial charge in [-0.3, -0.25) is 14.4 Å². The van der Waals surface area contributed by atoms with Crippen LogP contribution in [0.15, 0.2) is 53.7 Å². The lowest BCUT2D eigenvalue weighted by Crippen LogP contribution is -2.30. The molecule has 1 heterocycles. The van der Waals surface area contributed by atoms with Crippen LogP contribution < -0.4 is 0 Å².